The lowest BCUT2D eigenvalue weighted by Gasteiger charge is -2.17. The molecule has 0 spiro atoms. The summed E-state index contributed by atoms with van der Waals surface area (Å²) < 4.78 is 0. The minimum absolute atomic E-state index is 0.480. The highest BCUT2D eigenvalue weighted by Crippen LogP contribution is 2.10. The quantitative estimate of drug-likeness (QED) is 0.692. The molecule has 2 nitrogen and oxygen atoms in total. The van der Waals surface area contributed by atoms with Gasteiger partial charge in [0.15, 0.2) is 0 Å². The molecule has 0 N–H and O–H groups in total. The first-order chi connectivity index (χ1) is 6.27. The Hall–Kier alpha value is -0.760. The molecule has 72 valence electrons. The van der Waals surface area contributed by atoms with Crippen molar-refractivity contribution in [2.24, 2.45) is 0 Å². The Balaban J connectivity index is 2.75. The molecular formula is C10H15ClN2. The standard InChI is InChI=1S/C10H15ClN2/c1-3-7-13(2)10-6-4-5-9(8-11)12-10/h4-6H,3,7-8H2,1-2H3. The molecule has 1 heterocycles. The Morgan fingerprint density at radius 1 is 1.46 bits per heavy atom. The summed E-state index contributed by atoms with van der Waals surface area (Å²) in [4.78, 5) is 6.54. The maximum absolute atomic E-state index is 5.70. The summed E-state index contributed by atoms with van der Waals surface area (Å²) in [6.45, 7) is 3.18. The van der Waals surface area contributed by atoms with Crippen LogP contribution in [0.25, 0.3) is 0 Å². The lowest BCUT2D eigenvalue weighted by atomic mass is 10.3. The Kier molecular flexibility index (Phi) is 4.03. The average Bonchev–Trinajstić information content (AvgIpc) is 2.18. The van der Waals surface area contributed by atoms with Crippen LogP contribution < -0.4 is 4.90 Å². The number of hydrogen-bond acceptors (Lipinski definition) is 2. The molecule has 0 unspecified atom stereocenters. The van der Waals surface area contributed by atoms with E-state index in [0.29, 0.717) is 5.88 Å². The van der Waals surface area contributed by atoms with E-state index in [4.69, 9.17) is 11.6 Å². The van der Waals surface area contributed by atoms with E-state index in [1.54, 1.807) is 0 Å². The smallest absolute Gasteiger partial charge is 0.128 e. The number of rotatable bonds is 4. The molecule has 0 bridgehead atoms. The molecule has 0 amide bonds. The Morgan fingerprint density at radius 2 is 2.23 bits per heavy atom. The van der Waals surface area contributed by atoms with Gasteiger partial charge in [0, 0.05) is 13.6 Å². The number of anilines is 1. The summed E-state index contributed by atoms with van der Waals surface area (Å²) in [7, 11) is 2.05. The van der Waals surface area contributed by atoms with Gasteiger partial charge in [0.05, 0.1) is 11.6 Å². The van der Waals surface area contributed by atoms with Gasteiger partial charge in [-0.2, -0.15) is 0 Å². The van der Waals surface area contributed by atoms with Crippen LogP contribution in [0.1, 0.15) is 19.0 Å². The van der Waals surface area contributed by atoms with Crippen molar-refractivity contribution in [1.29, 1.82) is 0 Å². The fraction of sp³-hybridized carbons (Fsp3) is 0.500. The summed E-state index contributed by atoms with van der Waals surface area (Å²) in [6.07, 6.45) is 1.13. The SMILES string of the molecule is CCCN(C)c1cccc(CCl)n1. The van der Waals surface area contributed by atoms with Crippen LogP contribution in [0.5, 0.6) is 0 Å². The van der Waals surface area contributed by atoms with Gasteiger partial charge in [0.1, 0.15) is 5.82 Å². The van der Waals surface area contributed by atoms with Gasteiger partial charge in [0.2, 0.25) is 0 Å². The van der Waals surface area contributed by atoms with Crippen LogP contribution in [0.2, 0.25) is 0 Å². The zero-order valence-electron chi connectivity index (χ0n) is 8.13. The molecule has 0 aliphatic heterocycles. The van der Waals surface area contributed by atoms with E-state index in [-0.39, 0.29) is 0 Å². The first-order valence-corrected chi connectivity index (χ1v) is 5.04. The zero-order chi connectivity index (χ0) is 9.68. The molecule has 0 radical (unpaired) electrons. The first-order valence-electron chi connectivity index (χ1n) is 4.51. The predicted molar refractivity (Wildman–Crippen MR) is 57.4 cm³/mol. The monoisotopic (exact) mass is 198 g/mol. The lowest BCUT2D eigenvalue weighted by Crippen LogP contribution is -2.19. The molecule has 0 aliphatic rings. The van der Waals surface area contributed by atoms with Crippen molar-refractivity contribution < 1.29 is 0 Å². The van der Waals surface area contributed by atoms with Crippen LogP contribution in [0.15, 0.2) is 18.2 Å². The van der Waals surface area contributed by atoms with E-state index >= 15 is 0 Å². The van der Waals surface area contributed by atoms with Crippen LogP contribution in [0, 0.1) is 0 Å². The Bertz CT molecular complexity index is 263. The normalized spacial score (nSPS) is 10.1. The largest absolute Gasteiger partial charge is 0.360 e. The highest BCUT2D eigenvalue weighted by atomic mass is 35.5. The van der Waals surface area contributed by atoms with Gasteiger partial charge in [-0.05, 0) is 18.6 Å². The third-order valence-electron chi connectivity index (χ3n) is 1.88. The van der Waals surface area contributed by atoms with Crippen LogP contribution in [-0.2, 0) is 5.88 Å². The Labute approximate surface area is 84.5 Å². The topological polar surface area (TPSA) is 16.1 Å². The van der Waals surface area contributed by atoms with Crippen molar-refractivity contribution in [1.82, 2.24) is 4.98 Å². The van der Waals surface area contributed by atoms with Crippen molar-refractivity contribution in [3.05, 3.63) is 23.9 Å². The fourth-order valence-electron chi connectivity index (χ4n) is 1.20. The third kappa shape index (κ3) is 2.88. The maximum Gasteiger partial charge on any atom is 0.128 e. The zero-order valence-corrected chi connectivity index (χ0v) is 8.88. The second kappa shape index (κ2) is 5.07. The lowest BCUT2D eigenvalue weighted by molar-refractivity contribution is 0.834. The summed E-state index contributed by atoms with van der Waals surface area (Å²) >= 11 is 5.70. The summed E-state index contributed by atoms with van der Waals surface area (Å²) in [5.41, 5.74) is 0.933. The molecule has 0 atom stereocenters. The van der Waals surface area contributed by atoms with Crippen molar-refractivity contribution >= 4 is 17.4 Å². The van der Waals surface area contributed by atoms with E-state index in [0.717, 1.165) is 24.5 Å². The molecule has 13 heavy (non-hydrogen) atoms. The predicted octanol–water partition coefficient (Wildman–Crippen LogP) is 2.67. The summed E-state index contributed by atoms with van der Waals surface area (Å²) in [5, 5.41) is 0. The average molecular weight is 199 g/mol. The number of pyridine rings is 1. The highest BCUT2D eigenvalue weighted by molar-refractivity contribution is 6.16. The minimum atomic E-state index is 0.480. The number of alkyl halides is 1. The number of aromatic nitrogens is 1. The molecule has 0 aliphatic carbocycles. The van der Waals surface area contributed by atoms with Gasteiger partial charge in [-0.15, -0.1) is 11.6 Å². The van der Waals surface area contributed by atoms with Crippen LogP contribution in [-0.4, -0.2) is 18.6 Å². The van der Waals surface area contributed by atoms with Gasteiger partial charge in [0.25, 0.3) is 0 Å². The van der Waals surface area contributed by atoms with Gasteiger partial charge >= 0.3 is 0 Å². The molecule has 0 aromatic carbocycles. The van der Waals surface area contributed by atoms with Gasteiger partial charge in [-0.25, -0.2) is 4.98 Å². The molecule has 1 aromatic rings. The Morgan fingerprint density at radius 3 is 2.85 bits per heavy atom. The van der Waals surface area contributed by atoms with Gasteiger partial charge < -0.3 is 4.90 Å². The van der Waals surface area contributed by atoms with E-state index < -0.39 is 0 Å². The van der Waals surface area contributed by atoms with Crippen molar-refractivity contribution in [3.8, 4) is 0 Å². The van der Waals surface area contributed by atoms with Crippen molar-refractivity contribution in [2.75, 3.05) is 18.5 Å². The second-order valence-corrected chi connectivity index (χ2v) is 3.31. The van der Waals surface area contributed by atoms with Gasteiger partial charge in [-0.1, -0.05) is 13.0 Å². The molecular weight excluding hydrogens is 184 g/mol. The van der Waals surface area contributed by atoms with Crippen molar-refractivity contribution in [2.45, 2.75) is 19.2 Å². The van der Waals surface area contributed by atoms with Crippen LogP contribution in [0.4, 0.5) is 5.82 Å². The van der Waals surface area contributed by atoms with Crippen molar-refractivity contribution in [3.63, 3.8) is 0 Å². The minimum Gasteiger partial charge on any atom is -0.360 e. The van der Waals surface area contributed by atoms with E-state index in [9.17, 15) is 0 Å². The maximum atomic E-state index is 5.70. The number of halogens is 1. The molecule has 0 saturated heterocycles. The molecule has 0 saturated carbocycles. The van der Waals surface area contributed by atoms with Crippen LogP contribution in [0.3, 0.4) is 0 Å². The highest BCUT2D eigenvalue weighted by Gasteiger charge is 2.01. The second-order valence-electron chi connectivity index (χ2n) is 3.04. The van der Waals surface area contributed by atoms with E-state index in [1.165, 1.54) is 0 Å². The van der Waals surface area contributed by atoms with Crippen LogP contribution >= 0.6 is 11.6 Å². The number of nitrogens with zero attached hydrogens (tertiary/aromatic N) is 2. The number of hydrogen-bond donors (Lipinski definition) is 0. The van der Waals surface area contributed by atoms with E-state index in [1.807, 2.05) is 25.2 Å². The summed E-state index contributed by atoms with van der Waals surface area (Å²) in [5.74, 6) is 1.48. The van der Waals surface area contributed by atoms with Gasteiger partial charge in [-0.3, -0.25) is 0 Å². The molecule has 1 aromatic heterocycles. The molecule has 1 rings (SSSR count). The fourth-order valence-corrected chi connectivity index (χ4v) is 1.35. The van der Waals surface area contributed by atoms with E-state index in [2.05, 4.69) is 16.8 Å². The summed E-state index contributed by atoms with van der Waals surface area (Å²) in [6, 6.07) is 5.94. The third-order valence-corrected chi connectivity index (χ3v) is 2.15. The molecule has 3 heteroatoms. The first kappa shape index (κ1) is 10.3. The molecule has 0 fully saturated rings.